The number of nitrogen functional groups attached to an aromatic ring is 1. The fraction of sp³-hybridized carbons (Fsp3) is 0. The van der Waals surface area contributed by atoms with Crippen molar-refractivity contribution in [2.75, 3.05) is 5.73 Å². The van der Waals surface area contributed by atoms with E-state index in [4.69, 9.17) is 5.73 Å². The average molecular weight is 288 g/mol. The van der Waals surface area contributed by atoms with Crippen molar-refractivity contribution in [3.63, 3.8) is 0 Å². The van der Waals surface area contributed by atoms with E-state index < -0.39 is 0 Å². The molecule has 0 radical (unpaired) electrons. The van der Waals surface area contributed by atoms with Gasteiger partial charge in [0.25, 0.3) is 0 Å². The number of pyridine rings is 1. The Hall–Kier alpha value is -1.81. The molecule has 84 valence electrons. The number of H-pyrrole nitrogens is 1. The van der Waals surface area contributed by atoms with Crippen LogP contribution >= 0.6 is 15.9 Å². The maximum absolute atomic E-state index is 5.76. The van der Waals surface area contributed by atoms with E-state index in [0.29, 0.717) is 5.69 Å². The first-order valence-electron chi connectivity index (χ1n) is 5.23. The number of halogens is 1. The number of anilines is 1. The molecule has 3 aromatic rings. The molecule has 0 bridgehead atoms. The molecule has 17 heavy (non-hydrogen) atoms. The predicted molar refractivity (Wildman–Crippen MR) is 73.6 cm³/mol. The van der Waals surface area contributed by atoms with Crippen molar-refractivity contribution >= 4 is 32.5 Å². The Kier molecular flexibility index (Phi) is 2.37. The van der Waals surface area contributed by atoms with Gasteiger partial charge in [-0.2, -0.15) is 0 Å². The van der Waals surface area contributed by atoms with Crippen molar-refractivity contribution in [1.29, 1.82) is 0 Å². The van der Waals surface area contributed by atoms with E-state index in [-0.39, 0.29) is 0 Å². The molecule has 0 atom stereocenters. The molecule has 3 rings (SSSR count). The Morgan fingerprint density at radius 2 is 2.06 bits per heavy atom. The van der Waals surface area contributed by atoms with Crippen LogP contribution in [0.1, 0.15) is 0 Å². The summed E-state index contributed by atoms with van der Waals surface area (Å²) in [4.78, 5) is 7.64. The monoisotopic (exact) mass is 287 g/mol. The third kappa shape index (κ3) is 1.80. The maximum atomic E-state index is 5.76. The van der Waals surface area contributed by atoms with Gasteiger partial charge in [-0.1, -0.05) is 22.0 Å². The number of nitrogens with one attached hydrogen (secondary N) is 1. The van der Waals surface area contributed by atoms with E-state index in [0.717, 1.165) is 26.8 Å². The minimum Gasteiger partial charge on any atom is -0.399 e. The van der Waals surface area contributed by atoms with E-state index >= 15 is 0 Å². The highest BCUT2D eigenvalue weighted by Crippen LogP contribution is 2.28. The van der Waals surface area contributed by atoms with Gasteiger partial charge in [0, 0.05) is 27.3 Å². The highest BCUT2D eigenvalue weighted by molar-refractivity contribution is 9.10. The van der Waals surface area contributed by atoms with Crippen LogP contribution in [0.5, 0.6) is 0 Å². The predicted octanol–water partition coefficient (Wildman–Crippen LogP) is 3.57. The van der Waals surface area contributed by atoms with Gasteiger partial charge in [-0.05, 0) is 30.3 Å². The van der Waals surface area contributed by atoms with Gasteiger partial charge in [0.05, 0.1) is 11.4 Å². The molecule has 0 saturated carbocycles. The first-order chi connectivity index (χ1) is 8.24. The molecule has 3 nitrogen and oxygen atoms in total. The van der Waals surface area contributed by atoms with Gasteiger partial charge in [0.1, 0.15) is 0 Å². The van der Waals surface area contributed by atoms with Crippen LogP contribution in [0.25, 0.3) is 22.3 Å². The minimum absolute atomic E-state index is 0.715. The van der Waals surface area contributed by atoms with Crippen molar-refractivity contribution in [3.8, 4) is 11.4 Å². The molecule has 0 aliphatic carbocycles. The quantitative estimate of drug-likeness (QED) is 0.719. The van der Waals surface area contributed by atoms with Crippen molar-refractivity contribution in [2.24, 2.45) is 0 Å². The summed E-state index contributed by atoms with van der Waals surface area (Å²) in [6.45, 7) is 0. The lowest BCUT2D eigenvalue weighted by Crippen LogP contribution is -1.88. The summed E-state index contributed by atoms with van der Waals surface area (Å²) in [6.07, 6.45) is 1.71. The lowest BCUT2D eigenvalue weighted by molar-refractivity contribution is 1.29. The van der Waals surface area contributed by atoms with Crippen LogP contribution in [-0.4, -0.2) is 9.97 Å². The molecule has 0 spiro atoms. The normalized spacial score (nSPS) is 10.9. The molecule has 0 amide bonds. The third-order valence-electron chi connectivity index (χ3n) is 2.67. The van der Waals surface area contributed by atoms with Gasteiger partial charge in [-0.15, -0.1) is 0 Å². The standard InChI is InChI=1S/C13H10BrN3/c14-10-2-1-3-11-9(10)7-13(17-11)12-6-8(15)4-5-16-12/h1-7,17H,(H2,15,16). The third-order valence-corrected chi connectivity index (χ3v) is 3.36. The van der Waals surface area contributed by atoms with Crippen LogP contribution in [0.3, 0.4) is 0 Å². The molecule has 0 saturated heterocycles. The number of hydrogen-bond donors (Lipinski definition) is 2. The van der Waals surface area contributed by atoms with Crippen LogP contribution in [0, 0.1) is 0 Å². The topological polar surface area (TPSA) is 54.7 Å². The lowest BCUT2D eigenvalue weighted by Gasteiger charge is -1.97. The molecular formula is C13H10BrN3. The van der Waals surface area contributed by atoms with E-state index in [1.165, 1.54) is 0 Å². The van der Waals surface area contributed by atoms with E-state index in [2.05, 4.69) is 32.0 Å². The number of hydrogen-bond acceptors (Lipinski definition) is 2. The summed E-state index contributed by atoms with van der Waals surface area (Å²) in [7, 11) is 0. The van der Waals surface area contributed by atoms with Crippen LogP contribution in [0.2, 0.25) is 0 Å². The molecule has 4 heteroatoms. The Morgan fingerprint density at radius 1 is 1.18 bits per heavy atom. The van der Waals surface area contributed by atoms with Crippen LogP contribution < -0.4 is 5.73 Å². The second kappa shape index (κ2) is 3.89. The van der Waals surface area contributed by atoms with E-state index in [1.54, 1.807) is 12.3 Å². The SMILES string of the molecule is Nc1ccnc(-c2cc3c(Br)cccc3[nH]2)c1. The Morgan fingerprint density at radius 3 is 2.82 bits per heavy atom. The van der Waals surface area contributed by atoms with Crippen LogP contribution in [0.4, 0.5) is 5.69 Å². The van der Waals surface area contributed by atoms with Crippen molar-refractivity contribution in [2.45, 2.75) is 0 Å². The number of fused-ring (bicyclic) bond motifs is 1. The van der Waals surface area contributed by atoms with Crippen molar-refractivity contribution in [3.05, 3.63) is 47.1 Å². The Balaban J connectivity index is 2.22. The van der Waals surface area contributed by atoms with Gasteiger partial charge >= 0.3 is 0 Å². The second-order valence-electron chi connectivity index (χ2n) is 3.86. The summed E-state index contributed by atoms with van der Waals surface area (Å²) < 4.78 is 1.07. The zero-order valence-electron chi connectivity index (χ0n) is 8.94. The zero-order valence-corrected chi connectivity index (χ0v) is 10.5. The number of rotatable bonds is 1. The summed E-state index contributed by atoms with van der Waals surface area (Å²) in [5, 5.41) is 1.15. The first-order valence-corrected chi connectivity index (χ1v) is 6.02. The molecule has 0 unspecified atom stereocenters. The Labute approximate surface area is 107 Å². The van der Waals surface area contributed by atoms with E-state index in [9.17, 15) is 0 Å². The van der Waals surface area contributed by atoms with Gasteiger partial charge in [-0.3, -0.25) is 4.98 Å². The molecule has 0 aliphatic rings. The number of aromatic nitrogens is 2. The highest BCUT2D eigenvalue weighted by atomic mass is 79.9. The van der Waals surface area contributed by atoms with Gasteiger partial charge in [-0.25, -0.2) is 0 Å². The average Bonchev–Trinajstić information content (AvgIpc) is 2.74. The van der Waals surface area contributed by atoms with E-state index in [1.807, 2.05) is 24.3 Å². The summed E-state index contributed by atoms with van der Waals surface area (Å²) >= 11 is 3.53. The zero-order chi connectivity index (χ0) is 11.8. The summed E-state index contributed by atoms with van der Waals surface area (Å²) in [5.74, 6) is 0. The van der Waals surface area contributed by atoms with Crippen LogP contribution in [-0.2, 0) is 0 Å². The second-order valence-corrected chi connectivity index (χ2v) is 4.71. The number of benzene rings is 1. The Bertz CT molecular complexity index is 688. The molecule has 0 fully saturated rings. The molecule has 1 aromatic carbocycles. The minimum atomic E-state index is 0.715. The lowest BCUT2D eigenvalue weighted by atomic mass is 10.2. The molecular weight excluding hydrogens is 278 g/mol. The maximum Gasteiger partial charge on any atom is 0.0885 e. The van der Waals surface area contributed by atoms with Gasteiger partial charge in [0.2, 0.25) is 0 Å². The van der Waals surface area contributed by atoms with Crippen molar-refractivity contribution in [1.82, 2.24) is 9.97 Å². The van der Waals surface area contributed by atoms with Gasteiger partial charge < -0.3 is 10.7 Å². The smallest absolute Gasteiger partial charge is 0.0885 e. The first kappa shape index (κ1) is 10.4. The largest absolute Gasteiger partial charge is 0.399 e. The summed E-state index contributed by atoms with van der Waals surface area (Å²) in [5.41, 5.74) is 9.38. The number of aromatic amines is 1. The number of nitrogens with two attached hydrogens (primary N) is 1. The highest BCUT2D eigenvalue weighted by Gasteiger charge is 2.06. The summed E-state index contributed by atoms with van der Waals surface area (Å²) in [6, 6.07) is 11.8. The van der Waals surface area contributed by atoms with Gasteiger partial charge in [0.15, 0.2) is 0 Å². The fourth-order valence-electron chi connectivity index (χ4n) is 1.85. The molecule has 2 aromatic heterocycles. The van der Waals surface area contributed by atoms with Crippen molar-refractivity contribution < 1.29 is 0 Å². The fourth-order valence-corrected chi connectivity index (χ4v) is 2.33. The number of nitrogens with zero attached hydrogens (tertiary/aromatic N) is 1. The molecule has 0 aliphatic heterocycles. The molecule has 2 heterocycles. The molecule has 3 N–H and O–H groups in total. The van der Waals surface area contributed by atoms with Crippen LogP contribution in [0.15, 0.2) is 47.1 Å².